The van der Waals surface area contributed by atoms with Crippen LogP contribution in [0, 0.1) is 6.92 Å². The molecule has 0 aliphatic heterocycles. The Morgan fingerprint density at radius 3 is 2.30 bits per heavy atom. The standard InChI is InChI=1S/C20H23N2O4P/c1-15-9-11-17(12-10-15)14-21-19-20(27(23,24-2)25-3)22-18(26-19)13-16-7-5-4-6-8-16/h4-12,21H,13-14H2,1-3H3. The Kier molecular flexibility index (Phi) is 6.11. The molecular formula is C20H23N2O4P. The number of hydrogen-bond acceptors (Lipinski definition) is 6. The summed E-state index contributed by atoms with van der Waals surface area (Å²) < 4.78 is 29.0. The van der Waals surface area contributed by atoms with E-state index in [1.165, 1.54) is 19.8 Å². The van der Waals surface area contributed by atoms with E-state index in [1.54, 1.807) is 0 Å². The first-order chi connectivity index (χ1) is 13.0. The lowest BCUT2D eigenvalue weighted by Crippen LogP contribution is -2.15. The van der Waals surface area contributed by atoms with Crippen molar-refractivity contribution < 1.29 is 18.0 Å². The van der Waals surface area contributed by atoms with Crippen LogP contribution >= 0.6 is 7.60 Å². The summed E-state index contributed by atoms with van der Waals surface area (Å²) in [6.45, 7) is 2.54. The molecule has 2 aromatic carbocycles. The van der Waals surface area contributed by atoms with Crippen LogP contribution in [-0.4, -0.2) is 19.2 Å². The van der Waals surface area contributed by atoms with Crippen LogP contribution in [0.15, 0.2) is 59.0 Å². The normalized spacial score (nSPS) is 11.5. The van der Waals surface area contributed by atoms with Gasteiger partial charge in [-0.3, -0.25) is 4.57 Å². The van der Waals surface area contributed by atoms with Crippen molar-refractivity contribution >= 4 is 18.9 Å². The summed E-state index contributed by atoms with van der Waals surface area (Å²) in [6, 6.07) is 17.9. The lowest BCUT2D eigenvalue weighted by molar-refractivity contribution is 0.286. The van der Waals surface area contributed by atoms with E-state index in [2.05, 4.69) is 10.3 Å². The van der Waals surface area contributed by atoms with Crippen molar-refractivity contribution in [3.05, 3.63) is 77.2 Å². The second kappa shape index (κ2) is 8.53. The molecule has 0 bridgehead atoms. The van der Waals surface area contributed by atoms with Gasteiger partial charge in [-0.05, 0) is 18.1 Å². The third-order valence-electron chi connectivity index (χ3n) is 4.17. The maximum absolute atomic E-state index is 12.9. The quantitative estimate of drug-likeness (QED) is 0.582. The molecular weight excluding hydrogens is 363 g/mol. The maximum Gasteiger partial charge on any atom is 0.384 e. The minimum Gasteiger partial charge on any atom is -0.424 e. The minimum absolute atomic E-state index is 0.158. The number of oxazole rings is 1. The average molecular weight is 386 g/mol. The first-order valence-corrected chi connectivity index (χ1v) is 10.1. The van der Waals surface area contributed by atoms with Crippen LogP contribution in [-0.2, 0) is 26.6 Å². The molecule has 0 aliphatic rings. The molecule has 0 spiro atoms. The summed E-state index contributed by atoms with van der Waals surface area (Å²) in [5.41, 5.74) is 3.45. The van der Waals surface area contributed by atoms with Crippen LogP contribution < -0.4 is 10.8 Å². The zero-order valence-electron chi connectivity index (χ0n) is 15.6. The Morgan fingerprint density at radius 2 is 1.67 bits per heavy atom. The summed E-state index contributed by atoms with van der Waals surface area (Å²) in [5.74, 6) is 0.741. The molecule has 1 heterocycles. The van der Waals surface area contributed by atoms with E-state index < -0.39 is 7.60 Å². The summed E-state index contributed by atoms with van der Waals surface area (Å²) in [4.78, 5) is 4.40. The van der Waals surface area contributed by atoms with Crippen molar-refractivity contribution in [3.8, 4) is 0 Å². The Morgan fingerprint density at radius 1 is 1.00 bits per heavy atom. The largest absolute Gasteiger partial charge is 0.424 e. The van der Waals surface area contributed by atoms with Crippen molar-refractivity contribution in [1.82, 2.24) is 4.98 Å². The number of hydrogen-bond donors (Lipinski definition) is 1. The SMILES string of the molecule is COP(=O)(OC)c1nc(Cc2ccccc2)oc1NCc1ccc(C)cc1. The van der Waals surface area contributed by atoms with Crippen LogP contribution in [0.4, 0.5) is 5.88 Å². The molecule has 3 rings (SSSR count). The molecule has 142 valence electrons. The van der Waals surface area contributed by atoms with Gasteiger partial charge in [0.25, 0.3) is 0 Å². The average Bonchev–Trinajstić information content (AvgIpc) is 3.11. The van der Waals surface area contributed by atoms with Gasteiger partial charge < -0.3 is 18.8 Å². The molecule has 7 heteroatoms. The highest BCUT2D eigenvalue weighted by molar-refractivity contribution is 7.62. The van der Waals surface area contributed by atoms with E-state index in [4.69, 9.17) is 13.5 Å². The predicted octanol–water partition coefficient (Wildman–Crippen LogP) is 4.30. The van der Waals surface area contributed by atoms with Gasteiger partial charge >= 0.3 is 7.60 Å². The minimum atomic E-state index is -3.55. The monoisotopic (exact) mass is 386 g/mol. The topological polar surface area (TPSA) is 73.6 Å². The van der Waals surface area contributed by atoms with E-state index in [-0.39, 0.29) is 5.44 Å². The highest BCUT2D eigenvalue weighted by atomic mass is 31.2. The van der Waals surface area contributed by atoms with Crippen LogP contribution in [0.25, 0.3) is 0 Å². The first-order valence-electron chi connectivity index (χ1n) is 8.59. The Bertz CT molecular complexity index is 915. The number of rotatable bonds is 8. The van der Waals surface area contributed by atoms with Crippen molar-refractivity contribution in [1.29, 1.82) is 0 Å². The molecule has 0 saturated carbocycles. The van der Waals surface area contributed by atoms with Crippen molar-refractivity contribution in [3.63, 3.8) is 0 Å². The molecule has 0 radical (unpaired) electrons. The van der Waals surface area contributed by atoms with Gasteiger partial charge in [0, 0.05) is 27.2 Å². The molecule has 1 N–H and O–H groups in total. The predicted molar refractivity (Wildman–Crippen MR) is 106 cm³/mol. The summed E-state index contributed by atoms with van der Waals surface area (Å²) in [5, 5.41) is 3.17. The Balaban J connectivity index is 1.87. The summed E-state index contributed by atoms with van der Waals surface area (Å²) in [6.07, 6.45) is 0.480. The van der Waals surface area contributed by atoms with Crippen molar-refractivity contribution in [2.24, 2.45) is 0 Å². The van der Waals surface area contributed by atoms with Crippen molar-refractivity contribution in [2.45, 2.75) is 19.9 Å². The molecule has 3 aromatic rings. The Labute approximate surface area is 159 Å². The molecule has 0 fully saturated rings. The van der Waals surface area contributed by atoms with Crippen LogP contribution in [0.2, 0.25) is 0 Å². The van der Waals surface area contributed by atoms with E-state index in [9.17, 15) is 4.57 Å². The molecule has 0 unspecified atom stereocenters. The molecule has 0 saturated heterocycles. The number of anilines is 1. The summed E-state index contributed by atoms with van der Waals surface area (Å²) >= 11 is 0. The van der Waals surface area contributed by atoms with Gasteiger partial charge in [-0.2, -0.15) is 0 Å². The maximum atomic E-state index is 12.9. The van der Waals surface area contributed by atoms with Crippen LogP contribution in [0.5, 0.6) is 0 Å². The number of benzene rings is 2. The second-order valence-electron chi connectivity index (χ2n) is 6.12. The molecule has 1 aromatic heterocycles. The molecule has 0 amide bonds. The fourth-order valence-corrected chi connectivity index (χ4v) is 3.74. The number of aromatic nitrogens is 1. The number of nitrogens with one attached hydrogen (secondary N) is 1. The van der Waals surface area contributed by atoms with Gasteiger partial charge in [-0.1, -0.05) is 60.2 Å². The van der Waals surface area contributed by atoms with E-state index >= 15 is 0 Å². The van der Waals surface area contributed by atoms with Gasteiger partial charge in [0.2, 0.25) is 17.2 Å². The van der Waals surface area contributed by atoms with E-state index in [1.807, 2.05) is 61.5 Å². The number of nitrogens with zero attached hydrogens (tertiary/aromatic N) is 1. The molecule has 0 atom stereocenters. The van der Waals surface area contributed by atoms with E-state index in [0.29, 0.717) is 24.7 Å². The number of aryl methyl sites for hydroxylation is 1. The molecule has 27 heavy (non-hydrogen) atoms. The van der Waals surface area contributed by atoms with Crippen molar-refractivity contribution in [2.75, 3.05) is 19.5 Å². The zero-order chi connectivity index (χ0) is 19.3. The lowest BCUT2D eigenvalue weighted by Gasteiger charge is -2.12. The molecule has 0 aliphatic carbocycles. The van der Waals surface area contributed by atoms with Gasteiger partial charge in [0.15, 0.2) is 0 Å². The van der Waals surface area contributed by atoms with Gasteiger partial charge in [-0.15, -0.1) is 0 Å². The van der Waals surface area contributed by atoms with E-state index in [0.717, 1.165) is 11.1 Å². The highest BCUT2D eigenvalue weighted by Crippen LogP contribution is 2.47. The third-order valence-corrected chi connectivity index (χ3v) is 5.95. The van der Waals surface area contributed by atoms with Crippen LogP contribution in [0.1, 0.15) is 22.6 Å². The van der Waals surface area contributed by atoms with Crippen LogP contribution in [0.3, 0.4) is 0 Å². The zero-order valence-corrected chi connectivity index (χ0v) is 16.5. The lowest BCUT2D eigenvalue weighted by atomic mass is 10.1. The van der Waals surface area contributed by atoms with Gasteiger partial charge in [0.1, 0.15) is 0 Å². The molecule has 6 nitrogen and oxygen atoms in total. The smallest absolute Gasteiger partial charge is 0.384 e. The fourth-order valence-electron chi connectivity index (χ4n) is 2.64. The fraction of sp³-hybridized carbons (Fsp3) is 0.250. The second-order valence-corrected chi connectivity index (χ2v) is 8.27. The highest BCUT2D eigenvalue weighted by Gasteiger charge is 2.34. The third kappa shape index (κ3) is 4.66. The van der Waals surface area contributed by atoms with Gasteiger partial charge in [0.05, 0.1) is 0 Å². The Hall–Kier alpha value is -2.40. The van der Waals surface area contributed by atoms with Gasteiger partial charge in [-0.25, -0.2) is 4.98 Å². The summed E-state index contributed by atoms with van der Waals surface area (Å²) in [7, 11) is -0.886. The first kappa shape index (κ1) is 19.4.